The Bertz CT molecular complexity index is 1250. The van der Waals surface area contributed by atoms with Crippen molar-refractivity contribution in [2.75, 3.05) is 23.4 Å². The van der Waals surface area contributed by atoms with Crippen molar-refractivity contribution in [2.45, 2.75) is 27.3 Å². The van der Waals surface area contributed by atoms with Crippen molar-refractivity contribution in [1.82, 2.24) is 4.57 Å². The van der Waals surface area contributed by atoms with Gasteiger partial charge in [-0.3, -0.25) is 10.2 Å². The number of phenols is 1. The Morgan fingerprint density at radius 1 is 1.22 bits per heavy atom. The third-order valence-corrected chi connectivity index (χ3v) is 5.27. The Kier molecular flexibility index (Phi) is 6.77. The van der Waals surface area contributed by atoms with Gasteiger partial charge in [0.15, 0.2) is 0 Å². The van der Waals surface area contributed by atoms with Gasteiger partial charge in [0, 0.05) is 42.5 Å². The molecule has 0 saturated heterocycles. The van der Waals surface area contributed by atoms with Gasteiger partial charge < -0.3 is 19.7 Å². The van der Waals surface area contributed by atoms with E-state index >= 15 is 0 Å². The zero-order chi connectivity index (χ0) is 23.4. The first kappa shape index (κ1) is 22.8. The summed E-state index contributed by atoms with van der Waals surface area (Å²) in [5.74, 6) is -2.08. The highest BCUT2D eigenvalue weighted by molar-refractivity contribution is 5.93. The van der Waals surface area contributed by atoms with Crippen LogP contribution in [0.2, 0.25) is 0 Å². The number of nitrogens with zero attached hydrogens (tertiary/aromatic N) is 3. The normalized spacial score (nSPS) is 11.2. The molecule has 9 heteroatoms. The second-order valence-corrected chi connectivity index (χ2v) is 7.10. The van der Waals surface area contributed by atoms with Crippen LogP contribution < -0.4 is 15.8 Å². The van der Waals surface area contributed by atoms with E-state index in [4.69, 9.17) is 0 Å². The molecule has 0 aliphatic heterocycles. The molecule has 1 aromatic heterocycles. The number of rotatable bonds is 8. The summed E-state index contributed by atoms with van der Waals surface area (Å²) in [6.45, 7) is 7.85. The molecule has 0 atom stereocenters. The fourth-order valence-electron chi connectivity index (χ4n) is 3.51. The lowest BCUT2D eigenvalue weighted by molar-refractivity contribution is 0.0695. The fraction of sp³-hybridized carbons (Fsp3) is 0.261. The van der Waals surface area contributed by atoms with Crippen molar-refractivity contribution in [3.63, 3.8) is 0 Å². The lowest BCUT2D eigenvalue weighted by Crippen LogP contribution is -2.21. The van der Waals surface area contributed by atoms with Crippen LogP contribution in [0, 0.1) is 5.82 Å². The summed E-state index contributed by atoms with van der Waals surface area (Å²) in [4.78, 5) is 25.9. The zero-order valence-electron chi connectivity index (χ0n) is 18.1. The molecule has 3 N–H and O–H groups in total. The first-order valence-electron chi connectivity index (χ1n) is 10.3. The van der Waals surface area contributed by atoms with Crippen LogP contribution in [0.25, 0.3) is 10.9 Å². The highest BCUT2D eigenvalue weighted by Gasteiger charge is 2.16. The molecule has 0 fully saturated rings. The zero-order valence-corrected chi connectivity index (χ0v) is 18.1. The van der Waals surface area contributed by atoms with Crippen LogP contribution in [-0.4, -0.2) is 40.1 Å². The predicted molar refractivity (Wildman–Crippen MR) is 124 cm³/mol. The summed E-state index contributed by atoms with van der Waals surface area (Å²) in [6.07, 6.45) is 2.63. The maximum absolute atomic E-state index is 14.6. The van der Waals surface area contributed by atoms with Gasteiger partial charge in [0.1, 0.15) is 17.1 Å². The molecule has 0 amide bonds. The number of anilines is 2. The summed E-state index contributed by atoms with van der Waals surface area (Å²) in [5, 5.41) is 23.4. The van der Waals surface area contributed by atoms with E-state index in [-0.39, 0.29) is 16.8 Å². The van der Waals surface area contributed by atoms with E-state index in [1.54, 1.807) is 23.6 Å². The molecule has 32 heavy (non-hydrogen) atoms. The Morgan fingerprint density at radius 3 is 2.56 bits per heavy atom. The number of pyridine rings is 1. The van der Waals surface area contributed by atoms with Gasteiger partial charge in [-0.05, 0) is 51.1 Å². The molecule has 2 aromatic carbocycles. The van der Waals surface area contributed by atoms with E-state index in [0.29, 0.717) is 17.6 Å². The Morgan fingerprint density at radius 2 is 1.94 bits per heavy atom. The van der Waals surface area contributed by atoms with Crippen molar-refractivity contribution in [2.24, 2.45) is 5.10 Å². The molecule has 0 spiro atoms. The van der Waals surface area contributed by atoms with E-state index in [1.807, 2.05) is 19.9 Å². The SMILES string of the molecule is CCN(CC)c1ccc(O)c(C=NNc2cc3c(cc2F)c(=O)c(C(=O)O)cn3CC)c1. The number of hydrazone groups is 1. The van der Waals surface area contributed by atoms with Gasteiger partial charge in [-0.15, -0.1) is 0 Å². The minimum Gasteiger partial charge on any atom is -0.507 e. The number of aromatic nitrogens is 1. The number of phenolic OH excluding ortho intramolecular Hbond substituents is 1. The quantitative estimate of drug-likeness (QED) is 0.363. The molecule has 1 heterocycles. The second-order valence-electron chi connectivity index (χ2n) is 7.10. The van der Waals surface area contributed by atoms with E-state index in [0.717, 1.165) is 24.8 Å². The van der Waals surface area contributed by atoms with Crippen molar-refractivity contribution in [3.8, 4) is 5.75 Å². The molecule has 0 aliphatic carbocycles. The van der Waals surface area contributed by atoms with E-state index in [2.05, 4.69) is 15.4 Å². The summed E-state index contributed by atoms with van der Waals surface area (Å²) in [5.41, 5.74) is 3.22. The summed E-state index contributed by atoms with van der Waals surface area (Å²) >= 11 is 0. The molecular weight excluding hydrogens is 415 g/mol. The Balaban J connectivity index is 1.97. The number of nitrogens with one attached hydrogen (secondary N) is 1. The van der Waals surface area contributed by atoms with Crippen LogP contribution in [0.4, 0.5) is 15.8 Å². The highest BCUT2D eigenvalue weighted by Crippen LogP contribution is 2.24. The number of hydrogen-bond donors (Lipinski definition) is 3. The molecule has 168 valence electrons. The lowest BCUT2D eigenvalue weighted by atomic mass is 10.1. The average molecular weight is 440 g/mol. The molecule has 0 saturated carbocycles. The van der Waals surface area contributed by atoms with Gasteiger partial charge >= 0.3 is 5.97 Å². The Hall–Kier alpha value is -3.88. The number of aryl methyl sites for hydroxylation is 1. The van der Waals surface area contributed by atoms with Crippen molar-refractivity contribution in [3.05, 3.63) is 63.7 Å². The summed E-state index contributed by atoms with van der Waals surface area (Å²) in [6, 6.07) is 7.58. The van der Waals surface area contributed by atoms with Crippen molar-refractivity contribution < 1.29 is 19.4 Å². The van der Waals surface area contributed by atoms with Gasteiger partial charge in [0.25, 0.3) is 0 Å². The van der Waals surface area contributed by atoms with Crippen molar-refractivity contribution in [1.29, 1.82) is 0 Å². The number of carboxylic acids is 1. The van der Waals surface area contributed by atoms with Crippen LogP contribution in [0.15, 0.2) is 46.4 Å². The minimum absolute atomic E-state index is 0.0119. The number of aromatic hydroxyl groups is 1. The Labute approximate surface area is 184 Å². The topological polar surface area (TPSA) is 107 Å². The van der Waals surface area contributed by atoms with Gasteiger partial charge in [0.2, 0.25) is 5.43 Å². The number of hydrogen-bond acceptors (Lipinski definition) is 6. The summed E-state index contributed by atoms with van der Waals surface area (Å²) < 4.78 is 16.2. The maximum Gasteiger partial charge on any atom is 0.341 e. The standard InChI is InChI=1S/C23H25FN4O4/c1-4-27(5-2)15-7-8-21(29)14(9-15)12-25-26-19-11-20-16(10-18(19)24)22(30)17(23(31)32)13-28(20)6-3/h7-13,26,29H,4-6H2,1-3H3,(H,31,32). The van der Waals surface area contributed by atoms with Crippen LogP contribution in [0.5, 0.6) is 5.75 Å². The van der Waals surface area contributed by atoms with Crippen LogP contribution in [-0.2, 0) is 6.54 Å². The van der Waals surface area contributed by atoms with Crippen LogP contribution in [0.1, 0.15) is 36.7 Å². The highest BCUT2D eigenvalue weighted by atomic mass is 19.1. The summed E-state index contributed by atoms with van der Waals surface area (Å²) in [7, 11) is 0. The van der Waals surface area contributed by atoms with Gasteiger partial charge in [-0.1, -0.05) is 0 Å². The maximum atomic E-state index is 14.6. The van der Waals surface area contributed by atoms with E-state index < -0.39 is 22.8 Å². The smallest absolute Gasteiger partial charge is 0.341 e. The number of halogens is 1. The fourth-order valence-corrected chi connectivity index (χ4v) is 3.51. The molecular formula is C23H25FN4O4. The lowest BCUT2D eigenvalue weighted by Gasteiger charge is -2.21. The number of carboxylic acid groups (broad SMARTS) is 1. The molecule has 8 nitrogen and oxygen atoms in total. The van der Waals surface area contributed by atoms with Crippen molar-refractivity contribution >= 4 is 34.5 Å². The van der Waals surface area contributed by atoms with Gasteiger partial charge in [0.05, 0.1) is 17.4 Å². The first-order chi connectivity index (χ1) is 15.3. The number of fused-ring (bicyclic) bond motifs is 1. The molecule has 0 unspecified atom stereocenters. The predicted octanol–water partition coefficient (Wildman–Crippen LogP) is 3.86. The third kappa shape index (κ3) is 4.41. The number of aromatic carboxylic acids is 1. The average Bonchev–Trinajstić information content (AvgIpc) is 2.77. The van der Waals surface area contributed by atoms with E-state index in [1.165, 1.54) is 18.5 Å². The molecule has 3 aromatic rings. The first-order valence-corrected chi connectivity index (χ1v) is 10.3. The minimum atomic E-state index is -1.36. The van der Waals surface area contributed by atoms with Crippen LogP contribution in [0.3, 0.4) is 0 Å². The van der Waals surface area contributed by atoms with Gasteiger partial charge in [-0.2, -0.15) is 5.10 Å². The number of carbonyl (C=O) groups is 1. The third-order valence-electron chi connectivity index (χ3n) is 5.27. The molecule has 3 rings (SSSR count). The van der Waals surface area contributed by atoms with E-state index in [9.17, 15) is 24.2 Å². The number of benzene rings is 2. The molecule has 0 radical (unpaired) electrons. The monoisotopic (exact) mass is 440 g/mol. The second kappa shape index (κ2) is 9.51. The van der Waals surface area contributed by atoms with Gasteiger partial charge in [-0.25, -0.2) is 9.18 Å². The molecule has 0 aliphatic rings. The van der Waals surface area contributed by atoms with Crippen LogP contribution >= 0.6 is 0 Å². The largest absolute Gasteiger partial charge is 0.507 e. The molecule has 0 bridgehead atoms.